The van der Waals surface area contributed by atoms with E-state index in [1.54, 1.807) is 25.1 Å². The number of carboxylic acid groups (broad SMARTS) is 1. The summed E-state index contributed by atoms with van der Waals surface area (Å²) in [5, 5.41) is 9.92. The van der Waals surface area contributed by atoms with Crippen molar-refractivity contribution in [1.29, 1.82) is 0 Å². The maximum Gasteiger partial charge on any atom is 0.335 e. The van der Waals surface area contributed by atoms with Gasteiger partial charge in [-0.1, -0.05) is 25.3 Å². The average molecular weight is 402 g/mol. The average Bonchev–Trinajstić information content (AvgIpc) is 3.15. The number of nitrogens with zero attached hydrogens (tertiary/aromatic N) is 2. The zero-order valence-corrected chi connectivity index (χ0v) is 16.7. The van der Waals surface area contributed by atoms with Crippen LogP contribution in [0.5, 0.6) is 0 Å². The number of fused-ring (bicyclic) bond motifs is 2. The summed E-state index contributed by atoms with van der Waals surface area (Å²) in [5.41, 5.74) is 3.75. The lowest BCUT2D eigenvalue weighted by molar-refractivity contribution is 0.0697. The zero-order valence-electron chi connectivity index (χ0n) is 16.7. The van der Waals surface area contributed by atoms with Crippen LogP contribution in [0.3, 0.4) is 0 Å². The van der Waals surface area contributed by atoms with Gasteiger partial charge in [-0.2, -0.15) is 0 Å². The van der Waals surface area contributed by atoms with Gasteiger partial charge in [-0.25, -0.2) is 9.78 Å². The molecule has 1 aliphatic rings. The first-order valence-corrected chi connectivity index (χ1v) is 10.3. The fourth-order valence-corrected chi connectivity index (χ4v) is 4.51. The van der Waals surface area contributed by atoms with Crippen LogP contribution in [0, 0.1) is 6.92 Å². The molecule has 0 aliphatic heterocycles. The summed E-state index contributed by atoms with van der Waals surface area (Å²) in [4.78, 5) is 28.7. The fraction of sp³-hybridized carbons (Fsp3) is 0.292. The first-order chi connectivity index (χ1) is 14.5. The molecule has 5 rings (SSSR count). The van der Waals surface area contributed by atoms with Crippen LogP contribution in [0.25, 0.3) is 33.4 Å². The largest absolute Gasteiger partial charge is 0.478 e. The quantitative estimate of drug-likeness (QED) is 0.501. The van der Waals surface area contributed by atoms with Crippen LogP contribution in [-0.4, -0.2) is 20.6 Å². The standard InChI is InChI=1S/C24H22N2O4/c1-14-13-30-21-12-15(7-9-18(21)22(14)27)23-25-19-11-16(24(28)29)8-10-20(19)26(23)17-5-3-2-4-6-17/h7-13,17H,2-6H2,1H3,(H,28,29). The third-order valence-electron chi connectivity index (χ3n) is 6.08. The van der Waals surface area contributed by atoms with E-state index in [0.717, 1.165) is 29.7 Å². The summed E-state index contributed by atoms with van der Waals surface area (Å²) in [7, 11) is 0. The summed E-state index contributed by atoms with van der Waals surface area (Å²) in [6, 6.07) is 11.0. The molecule has 4 aromatic rings. The first kappa shape index (κ1) is 18.6. The van der Waals surface area contributed by atoms with E-state index in [0.29, 0.717) is 28.1 Å². The van der Waals surface area contributed by atoms with Gasteiger partial charge in [0.15, 0.2) is 5.43 Å². The molecular formula is C24H22N2O4. The summed E-state index contributed by atoms with van der Waals surface area (Å²) in [6.07, 6.45) is 7.20. The van der Waals surface area contributed by atoms with Crippen LogP contribution in [0.15, 0.2) is 51.9 Å². The van der Waals surface area contributed by atoms with E-state index in [1.165, 1.54) is 25.5 Å². The predicted molar refractivity (Wildman–Crippen MR) is 115 cm³/mol. The van der Waals surface area contributed by atoms with E-state index in [2.05, 4.69) is 4.57 Å². The Bertz CT molecular complexity index is 1340. The van der Waals surface area contributed by atoms with Crippen molar-refractivity contribution in [2.75, 3.05) is 0 Å². The van der Waals surface area contributed by atoms with Crippen LogP contribution in [-0.2, 0) is 0 Å². The molecule has 0 bridgehead atoms. The van der Waals surface area contributed by atoms with Gasteiger partial charge in [0.25, 0.3) is 0 Å². The van der Waals surface area contributed by atoms with E-state index in [4.69, 9.17) is 9.40 Å². The third kappa shape index (κ3) is 3.00. The number of carboxylic acids is 1. The first-order valence-electron chi connectivity index (χ1n) is 10.3. The second kappa shape index (κ2) is 7.13. The Morgan fingerprint density at radius 3 is 2.70 bits per heavy atom. The van der Waals surface area contributed by atoms with Gasteiger partial charge in [-0.15, -0.1) is 0 Å². The normalized spacial score (nSPS) is 15.1. The Kier molecular flexibility index (Phi) is 4.42. The smallest absolute Gasteiger partial charge is 0.335 e. The zero-order chi connectivity index (χ0) is 20.8. The van der Waals surface area contributed by atoms with Gasteiger partial charge in [-0.05, 0) is 50.1 Å². The molecule has 0 spiro atoms. The molecule has 0 unspecified atom stereocenters. The highest BCUT2D eigenvalue weighted by Crippen LogP contribution is 2.36. The molecule has 2 aromatic heterocycles. The second-order valence-corrected chi connectivity index (χ2v) is 8.06. The van der Waals surface area contributed by atoms with Crippen LogP contribution in [0.2, 0.25) is 0 Å². The van der Waals surface area contributed by atoms with Crippen molar-refractivity contribution in [3.05, 3.63) is 64.0 Å². The maximum atomic E-state index is 12.4. The molecule has 2 aromatic carbocycles. The van der Waals surface area contributed by atoms with Crippen LogP contribution in [0.1, 0.15) is 54.1 Å². The molecule has 1 N–H and O–H groups in total. The summed E-state index contributed by atoms with van der Waals surface area (Å²) in [5.74, 6) is -0.182. The highest BCUT2D eigenvalue weighted by molar-refractivity contribution is 5.93. The topological polar surface area (TPSA) is 85.3 Å². The van der Waals surface area contributed by atoms with Gasteiger partial charge in [0, 0.05) is 17.2 Å². The van der Waals surface area contributed by atoms with Crippen molar-refractivity contribution in [2.45, 2.75) is 45.1 Å². The number of aryl methyl sites for hydroxylation is 1. The lowest BCUT2D eigenvalue weighted by Gasteiger charge is -2.25. The van der Waals surface area contributed by atoms with Gasteiger partial charge < -0.3 is 14.1 Å². The number of rotatable bonds is 3. The molecule has 1 aliphatic carbocycles. The SMILES string of the molecule is Cc1coc2cc(-c3nc4cc(C(=O)O)ccc4n3C3CCCCC3)ccc2c1=O. The Balaban J connectivity index is 1.74. The Labute approximate surface area is 172 Å². The lowest BCUT2D eigenvalue weighted by atomic mass is 9.94. The van der Waals surface area contributed by atoms with Crippen molar-refractivity contribution >= 4 is 28.0 Å². The van der Waals surface area contributed by atoms with E-state index < -0.39 is 5.97 Å². The highest BCUT2D eigenvalue weighted by atomic mass is 16.4. The van der Waals surface area contributed by atoms with Gasteiger partial charge in [0.2, 0.25) is 0 Å². The minimum atomic E-state index is -0.964. The molecule has 6 heteroatoms. The van der Waals surface area contributed by atoms with E-state index in [9.17, 15) is 14.7 Å². The number of carbonyl (C=O) groups is 1. The summed E-state index contributed by atoms with van der Waals surface area (Å²) < 4.78 is 7.92. The molecule has 1 saturated carbocycles. The highest BCUT2D eigenvalue weighted by Gasteiger charge is 2.23. The summed E-state index contributed by atoms with van der Waals surface area (Å²) >= 11 is 0. The Morgan fingerprint density at radius 1 is 1.13 bits per heavy atom. The number of benzene rings is 2. The van der Waals surface area contributed by atoms with Gasteiger partial charge in [0.1, 0.15) is 11.4 Å². The van der Waals surface area contributed by atoms with Gasteiger partial charge in [0.05, 0.1) is 28.2 Å². The number of aromatic nitrogens is 2. The molecule has 0 amide bonds. The molecule has 0 saturated heterocycles. The second-order valence-electron chi connectivity index (χ2n) is 8.06. The minimum Gasteiger partial charge on any atom is -0.478 e. The van der Waals surface area contributed by atoms with Crippen molar-refractivity contribution in [3.8, 4) is 11.4 Å². The minimum absolute atomic E-state index is 0.0327. The molecular weight excluding hydrogens is 380 g/mol. The van der Waals surface area contributed by atoms with Crippen LogP contribution >= 0.6 is 0 Å². The molecule has 30 heavy (non-hydrogen) atoms. The van der Waals surface area contributed by atoms with Gasteiger partial charge >= 0.3 is 5.97 Å². The predicted octanol–water partition coefficient (Wildman–Crippen LogP) is 5.32. The number of hydrogen-bond donors (Lipinski definition) is 1. The number of aromatic carboxylic acids is 1. The number of hydrogen-bond acceptors (Lipinski definition) is 4. The fourth-order valence-electron chi connectivity index (χ4n) is 4.51. The lowest BCUT2D eigenvalue weighted by Crippen LogP contribution is -2.14. The van der Waals surface area contributed by atoms with Crippen LogP contribution < -0.4 is 5.43 Å². The van der Waals surface area contributed by atoms with Crippen LogP contribution in [0.4, 0.5) is 0 Å². The molecule has 2 heterocycles. The Hall–Kier alpha value is -3.41. The monoisotopic (exact) mass is 402 g/mol. The van der Waals surface area contributed by atoms with Crippen molar-refractivity contribution in [2.24, 2.45) is 0 Å². The molecule has 0 radical (unpaired) electrons. The maximum absolute atomic E-state index is 12.4. The van der Waals surface area contributed by atoms with Crippen molar-refractivity contribution in [3.63, 3.8) is 0 Å². The van der Waals surface area contributed by atoms with Gasteiger partial charge in [-0.3, -0.25) is 4.79 Å². The Morgan fingerprint density at radius 2 is 1.93 bits per heavy atom. The van der Waals surface area contributed by atoms with E-state index >= 15 is 0 Å². The molecule has 1 fully saturated rings. The van der Waals surface area contributed by atoms with E-state index in [1.807, 2.05) is 18.2 Å². The molecule has 0 atom stereocenters. The van der Waals surface area contributed by atoms with E-state index in [-0.39, 0.29) is 11.0 Å². The van der Waals surface area contributed by atoms with Crippen molar-refractivity contribution < 1.29 is 14.3 Å². The molecule has 6 nitrogen and oxygen atoms in total. The van der Waals surface area contributed by atoms with Crippen molar-refractivity contribution in [1.82, 2.24) is 9.55 Å². The summed E-state index contributed by atoms with van der Waals surface area (Å²) in [6.45, 7) is 1.74. The molecule has 152 valence electrons. The third-order valence-corrected chi connectivity index (χ3v) is 6.08. The number of imidazole rings is 1.